The van der Waals surface area contributed by atoms with Crippen molar-refractivity contribution in [3.8, 4) is 11.8 Å². The van der Waals surface area contributed by atoms with Gasteiger partial charge in [-0.3, -0.25) is 10.1 Å². The highest BCUT2D eigenvalue weighted by molar-refractivity contribution is 6.04. The van der Waals surface area contributed by atoms with Crippen LogP contribution in [0, 0.1) is 11.8 Å². The largest absolute Gasteiger partial charge is 0.478 e. The number of imidazole rings is 1. The average molecular weight is 382 g/mol. The number of para-hydroxylation sites is 1. The summed E-state index contributed by atoms with van der Waals surface area (Å²) < 4.78 is 0. The van der Waals surface area contributed by atoms with E-state index < -0.39 is 11.9 Å². The van der Waals surface area contributed by atoms with Crippen LogP contribution >= 0.6 is 0 Å². The third-order valence-electron chi connectivity index (χ3n) is 4.10. The number of carbonyl (C=O) groups is 2. The minimum absolute atomic E-state index is 0.0544. The number of nitrogens with one attached hydrogen (secondary N) is 2. The summed E-state index contributed by atoms with van der Waals surface area (Å²) in [6.07, 6.45) is 1.52. The number of aromatic amines is 1. The number of fused-ring (bicyclic) bond motifs is 1. The van der Waals surface area contributed by atoms with Gasteiger partial charge in [-0.1, -0.05) is 36.1 Å². The fraction of sp³-hybridized carbons (Fsp3) is 0. The molecular formula is C22H14N4O3. The van der Waals surface area contributed by atoms with Crippen LogP contribution in [0.5, 0.6) is 0 Å². The van der Waals surface area contributed by atoms with Gasteiger partial charge in [-0.2, -0.15) is 0 Å². The summed E-state index contributed by atoms with van der Waals surface area (Å²) in [5.74, 6) is 4.61. The summed E-state index contributed by atoms with van der Waals surface area (Å²) >= 11 is 0. The smallest absolute Gasteiger partial charge is 0.337 e. The van der Waals surface area contributed by atoms with Gasteiger partial charge in [-0.25, -0.2) is 14.8 Å². The number of benzene rings is 2. The molecule has 4 rings (SSSR count). The second kappa shape index (κ2) is 7.66. The second-order valence-corrected chi connectivity index (χ2v) is 6.09. The molecule has 0 spiro atoms. The average Bonchev–Trinajstić information content (AvgIpc) is 3.15. The van der Waals surface area contributed by atoms with Gasteiger partial charge in [0, 0.05) is 17.3 Å². The topological polar surface area (TPSA) is 108 Å². The lowest BCUT2D eigenvalue weighted by atomic mass is 10.2. The Morgan fingerprint density at radius 1 is 0.931 bits per heavy atom. The molecule has 0 aliphatic carbocycles. The number of hydrogen-bond donors (Lipinski definition) is 3. The predicted molar refractivity (Wildman–Crippen MR) is 108 cm³/mol. The summed E-state index contributed by atoms with van der Waals surface area (Å²) in [5, 5.41) is 11.8. The minimum atomic E-state index is -1.09. The van der Waals surface area contributed by atoms with Crippen LogP contribution < -0.4 is 5.32 Å². The predicted octanol–water partition coefficient (Wildman–Crippen LogP) is 3.31. The Morgan fingerprint density at radius 3 is 2.45 bits per heavy atom. The van der Waals surface area contributed by atoms with Gasteiger partial charge in [0.15, 0.2) is 0 Å². The van der Waals surface area contributed by atoms with E-state index in [2.05, 4.69) is 32.1 Å². The Morgan fingerprint density at radius 2 is 1.72 bits per heavy atom. The summed E-state index contributed by atoms with van der Waals surface area (Å²) in [7, 11) is 0. The van der Waals surface area contributed by atoms with Gasteiger partial charge >= 0.3 is 5.97 Å². The maximum absolute atomic E-state index is 12.4. The van der Waals surface area contributed by atoms with Crippen LogP contribution in [0.15, 0.2) is 66.9 Å². The molecule has 0 saturated carbocycles. The number of aromatic carboxylic acids is 1. The molecule has 2 aromatic carbocycles. The highest BCUT2D eigenvalue weighted by Crippen LogP contribution is 2.19. The van der Waals surface area contributed by atoms with Gasteiger partial charge in [-0.05, 0) is 36.4 Å². The number of anilines is 1. The highest BCUT2D eigenvalue weighted by atomic mass is 16.4. The fourth-order valence-electron chi connectivity index (χ4n) is 2.70. The van der Waals surface area contributed by atoms with E-state index in [9.17, 15) is 14.7 Å². The lowest BCUT2D eigenvalue weighted by Crippen LogP contribution is -2.14. The first-order chi connectivity index (χ1) is 14.1. The molecule has 2 heterocycles. The van der Waals surface area contributed by atoms with Crippen molar-refractivity contribution in [2.75, 3.05) is 5.32 Å². The van der Waals surface area contributed by atoms with Gasteiger partial charge < -0.3 is 10.1 Å². The molecule has 0 fully saturated rings. The molecule has 4 aromatic rings. The molecule has 0 saturated heterocycles. The number of aromatic nitrogens is 3. The summed E-state index contributed by atoms with van der Waals surface area (Å²) in [6.45, 7) is 0. The van der Waals surface area contributed by atoms with Crippen LogP contribution in [0.4, 0.5) is 5.95 Å². The zero-order chi connectivity index (χ0) is 20.2. The Labute approximate surface area is 165 Å². The lowest BCUT2D eigenvalue weighted by Gasteiger charge is -2.01. The number of H-pyrrole nitrogens is 1. The molecule has 1 amide bonds. The number of carbonyl (C=O) groups excluding carboxylic acids is 1. The van der Waals surface area contributed by atoms with E-state index in [0.29, 0.717) is 11.1 Å². The third-order valence-corrected chi connectivity index (χ3v) is 4.10. The molecule has 0 aliphatic rings. The first-order valence-corrected chi connectivity index (χ1v) is 8.66. The van der Waals surface area contributed by atoms with E-state index in [-0.39, 0.29) is 22.7 Å². The van der Waals surface area contributed by atoms with Crippen LogP contribution in [0.3, 0.4) is 0 Å². The Hall–Kier alpha value is -4.44. The number of amides is 1. The van der Waals surface area contributed by atoms with Gasteiger partial charge in [0.05, 0.1) is 11.1 Å². The number of pyridine rings is 1. The number of hydrogen-bond acceptors (Lipinski definition) is 4. The van der Waals surface area contributed by atoms with Gasteiger partial charge in [0.2, 0.25) is 5.95 Å². The van der Waals surface area contributed by atoms with Crippen LogP contribution in [0.25, 0.3) is 11.0 Å². The molecule has 0 unspecified atom stereocenters. The molecule has 0 radical (unpaired) electrons. The molecule has 29 heavy (non-hydrogen) atoms. The number of nitrogens with zero attached hydrogens (tertiary/aromatic N) is 2. The van der Waals surface area contributed by atoms with Gasteiger partial charge in [0.25, 0.3) is 5.91 Å². The Kier molecular flexibility index (Phi) is 4.74. The molecule has 3 N–H and O–H groups in total. The normalized spacial score (nSPS) is 10.2. The minimum Gasteiger partial charge on any atom is -0.478 e. The van der Waals surface area contributed by atoms with Crippen molar-refractivity contribution in [3.05, 3.63) is 89.2 Å². The Bertz CT molecular complexity index is 1270. The van der Waals surface area contributed by atoms with Crippen LogP contribution in [-0.4, -0.2) is 31.9 Å². The quantitative estimate of drug-likeness (QED) is 0.471. The molecular weight excluding hydrogens is 368 g/mol. The van der Waals surface area contributed by atoms with Crippen molar-refractivity contribution >= 4 is 28.9 Å². The molecule has 0 bridgehead atoms. The van der Waals surface area contributed by atoms with Crippen molar-refractivity contribution in [2.45, 2.75) is 0 Å². The molecule has 7 nitrogen and oxygen atoms in total. The van der Waals surface area contributed by atoms with Crippen molar-refractivity contribution in [3.63, 3.8) is 0 Å². The fourth-order valence-corrected chi connectivity index (χ4v) is 2.70. The maximum atomic E-state index is 12.4. The van der Waals surface area contributed by atoms with Gasteiger partial charge in [0.1, 0.15) is 11.2 Å². The second-order valence-electron chi connectivity index (χ2n) is 6.09. The van der Waals surface area contributed by atoms with Crippen molar-refractivity contribution in [2.24, 2.45) is 0 Å². The summed E-state index contributed by atoms with van der Waals surface area (Å²) in [5.41, 5.74) is 2.60. The van der Waals surface area contributed by atoms with E-state index in [1.165, 1.54) is 12.3 Å². The number of carboxylic acids is 1. The molecule has 7 heteroatoms. The van der Waals surface area contributed by atoms with Gasteiger partial charge in [-0.15, -0.1) is 0 Å². The van der Waals surface area contributed by atoms with E-state index in [0.717, 1.165) is 5.56 Å². The highest BCUT2D eigenvalue weighted by Gasteiger charge is 2.14. The zero-order valence-electron chi connectivity index (χ0n) is 15.0. The van der Waals surface area contributed by atoms with E-state index in [1.54, 1.807) is 24.3 Å². The number of carboxylic acid groups (broad SMARTS) is 1. The molecule has 2 aromatic heterocycles. The third kappa shape index (κ3) is 3.96. The van der Waals surface area contributed by atoms with Crippen molar-refractivity contribution in [1.82, 2.24) is 15.0 Å². The number of rotatable bonds is 3. The summed E-state index contributed by atoms with van der Waals surface area (Å²) in [4.78, 5) is 34.9. The van der Waals surface area contributed by atoms with E-state index in [4.69, 9.17) is 0 Å². The van der Waals surface area contributed by atoms with Crippen LogP contribution in [0.1, 0.15) is 32.0 Å². The SMILES string of the molecule is O=C(Nc1nc2c(C(=O)O)cccc2[nH]1)c1ccc(C#Cc2ccccc2)cn1. The summed E-state index contributed by atoms with van der Waals surface area (Å²) in [6, 6.07) is 17.6. The van der Waals surface area contributed by atoms with Crippen LogP contribution in [-0.2, 0) is 0 Å². The maximum Gasteiger partial charge on any atom is 0.337 e. The molecule has 0 atom stereocenters. The van der Waals surface area contributed by atoms with E-state index >= 15 is 0 Å². The first-order valence-electron chi connectivity index (χ1n) is 8.66. The van der Waals surface area contributed by atoms with E-state index in [1.807, 2.05) is 30.3 Å². The molecule has 140 valence electrons. The molecule has 0 aliphatic heterocycles. The monoisotopic (exact) mass is 382 g/mol. The Balaban J connectivity index is 1.50. The van der Waals surface area contributed by atoms with Crippen molar-refractivity contribution in [1.29, 1.82) is 0 Å². The zero-order valence-corrected chi connectivity index (χ0v) is 15.0. The van der Waals surface area contributed by atoms with Crippen molar-refractivity contribution < 1.29 is 14.7 Å². The lowest BCUT2D eigenvalue weighted by molar-refractivity contribution is 0.0698. The van der Waals surface area contributed by atoms with Crippen LogP contribution in [0.2, 0.25) is 0 Å². The first kappa shape index (κ1) is 17.9. The standard InChI is InChI=1S/C22H14N4O3/c27-20(26-22-24-17-8-4-7-16(21(28)29)19(17)25-22)18-12-11-15(13-23-18)10-9-14-5-2-1-3-6-14/h1-8,11-13H,(H,28,29)(H2,24,25,26,27).